The van der Waals surface area contributed by atoms with E-state index in [1.165, 1.54) is 36.2 Å². The Balaban J connectivity index is 0. The molecule has 17 heavy (non-hydrogen) atoms. The van der Waals surface area contributed by atoms with E-state index in [0.717, 1.165) is 33.4 Å². The van der Waals surface area contributed by atoms with Crippen molar-refractivity contribution in [3.05, 3.63) is 0 Å². The summed E-state index contributed by atoms with van der Waals surface area (Å²) >= 11 is 0.818. The maximum Gasteiger partial charge on any atom is -0.0472 e. The molecule has 0 aliphatic rings. The van der Waals surface area contributed by atoms with Gasteiger partial charge in [0.05, 0.1) is 0 Å². The molecule has 0 N–H and O–H groups in total. The average molecular weight is 272 g/mol. The van der Waals surface area contributed by atoms with Crippen LogP contribution in [0.3, 0.4) is 0 Å². The minimum absolute atomic E-state index is 0.818. The molecule has 102 valence electrons. The molecule has 0 aliphatic heterocycles. The molecule has 0 spiro atoms. The van der Waals surface area contributed by atoms with Gasteiger partial charge in [-0.15, -0.1) is 0 Å². The summed E-state index contributed by atoms with van der Waals surface area (Å²) in [4.78, 5) is 11.3. The molecule has 0 rings (SSSR count). The fraction of sp³-hybridized carbons (Fsp3) is 1.00. The standard InChI is InChI=1S/C6H15OSi.2C4H9.Al/c1-4-8(7,5-2)6-3;2*1-3-4-2;/h4-6H2,1-3H3;2*1,3-4H2,2H3;/q-1;;;+1. The summed E-state index contributed by atoms with van der Waals surface area (Å²) < 4.78 is 0. The van der Waals surface area contributed by atoms with Crippen molar-refractivity contribution in [3.8, 4) is 0 Å². The van der Waals surface area contributed by atoms with Gasteiger partial charge in [0.25, 0.3) is 0 Å². The first-order valence-electron chi connectivity index (χ1n) is 7.62. The van der Waals surface area contributed by atoms with Gasteiger partial charge in [-0.2, -0.15) is 0 Å². The van der Waals surface area contributed by atoms with Crippen LogP contribution in [0.4, 0.5) is 0 Å². The zero-order valence-electron chi connectivity index (χ0n) is 12.8. The SMILES string of the molecule is CCC[CH2][Al+][CH2]CCC.CC[Si]([O-])(CC)CC. The van der Waals surface area contributed by atoms with Gasteiger partial charge in [0.15, 0.2) is 0 Å². The largest absolute Gasteiger partial charge is 0.858 e. The Bertz CT molecular complexity index is 124. The molecule has 0 atom stereocenters. The second-order valence-corrected chi connectivity index (χ2v) is 11.0. The third-order valence-corrected chi connectivity index (χ3v) is 8.96. The van der Waals surface area contributed by atoms with E-state index in [-0.39, 0.29) is 0 Å². The van der Waals surface area contributed by atoms with Crippen LogP contribution in [0.5, 0.6) is 0 Å². The van der Waals surface area contributed by atoms with Gasteiger partial charge in [-0.1, -0.05) is 38.9 Å². The molecule has 0 saturated heterocycles. The third kappa shape index (κ3) is 14.6. The summed E-state index contributed by atoms with van der Waals surface area (Å²) in [6, 6.07) is 2.71. The molecule has 0 amide bonds. The van der Waals surface area contributed by atoms with Gasteiger partial charge < -0.3 is 4.80 Å². The van der Waals surface area contributed by atoms with Crippen LogP contribution in [0.1, 0.15) is 60.3 Å². The topological polar surface area (TPSA) is 23.1 Å². The molecule has 0 aromatic rings. The van der Waals surface area contributed by atoms with Crippen molar-refractivity contribution < 1.29 is 4.80 Å². The summed E-state index contributed by atoms with van der Waals surface area (Å²) in [7, 11) is -1.92. The number of rotatable bonds is 9. The van der Waals surface area contributed by atoms with Gasteiger partial charge in [0, 0.05) is 0 Å². The Morgan fingerprint density at radius 3 is 1.29 bits per heavy atom. The summed E-state index contributed by atoms with van der Waals surface area (Å²) in [5, 5.41) is 3.08. The van der Waals surface area contributed by atoms with Crippen LogP contribution < -0.4 is 4.80 Å². The minimum atomic E-state index is -1.92. The zero-order valence-corrected chi connectivity index (χ0v) is 15.0. The van der Waals surface area contributed by atoms with Crippen LogP contribution in [0.15, 0.2) is 0 Å². The number of unbranched alkanes of at least 4 members (excludes halogenated alkanes) is 2. The van der Waals surface area contributed by atoms with Gasteiger partial charge >= 0.3 is 65.3 Å². The zero-order chi connectivity index (χ0) is 13.6. The maximum atomic E-state index is 11.3. The first kappa shape index (κ1) is 20.0. The predicted octanol–water partition coefficient (Wildman–Crippen LogP) is 4.48. The van der Waals surface area contributed by atoms with Gasteiger partial charge in [0.2, 0.25) is 0 Å². The van der Waals surface area contributed by atoms with Gasteiger partial charge in [-0.25, -0.2) is 0 Å². The fourth-order valence-electron chi connectivity index (χ4n) is 1.59. The van der Waals surface area contributed by atoms with Crippen molar-refractivity contribution in [1.82, 2.24) is 0 Å². The Kier molecular flexibility index (Phi) is 17.4. The van der Waals surface area contributed by atoms with Crippen LogP contribution in [0.2, 0.25) is 28.7 Å². The molecule has 0 fully saturated rings. The van der Waals surface area contributed by atoms with Crippen LogP contribution in [0, 0.1) is 0 Å². The molecule has 0 bridgehead atoms. The fourth-order valence-corrected chi connectivity index (χ4v) is 4.77. The summed E-state index contributed by atoms with van der Waals surface area (Å²) in [5.74, 6) is 0. The van der Waals surface area contributed by atoms with E-state index < -0.39 is 8.32 Å². The van der Waals surface area contributed by atoms with E-state index in [0.29, 0.717) is 0 Å². The van der Waals surface area contributed by atoms with Crippen molar-refractivity contribution in [1.29, 1.82) is 0 Å². The molecule has 0 heterocycles. The molecular formula is C14H33AlOSi. The molecular weight excluding hydrogens is 239 g/mol. The van der Waals surface area contributed by atoms with E-state index in [1.807, 2.05) is 20.8 Å². The molecule has 0 radical (unpaired) electrons. The molecule has 0 unspecified atom stereocenters. The number of hydrogen-bond acceptors (Lipinski definition) is 1. The first-order chi connectivity index (χ1) is 8.10. The van der Waals surface area contributed by atoms with Gasteiger partial charge in [-0.3, -0.25) is 0 Å². The van der Waals surface area contributed by atoms with E-state index >= 15 is 0 Å². The van der Waals surface area contributed by atoms with Crippen LogP contribution in [-0.4, -0.2) is 23.5 Å². The van der Waals surface area contributed by atoms with Gasteiger partial charge in [0.1, 0.15) is 0 Å². The van der Waals surface area contributed by atoms with Crippen molar-refractivity contribution in [2.75, 3.05) is 0 Å². The third-order valence-electron chi connectivity index (χ3n) is 3.46. The normalized spacial score (nSPS) is 10.5. The van der Waals surface area contributed by atoms with Crippen molar-refractivity contribution >= 4 is 23.5 Å². The Hall–Kier alpha value is 0.709. The molecule has 0 aromatic carbocycles. The van der Waals surface area contributed by atoms with E-state index in [9.17, 15) is 4.80 Å². The summed E-state index contributed by atoms with van der Waals surface area (Å²) in [5.41, 5.74) is 0. The summed E-state index contributed by atoms with van der Waals surface area (Å²) in [6.45, 7) is 10.6. The monoisotopic (exact) mass is 272 g/mol. The Morgan fingerprint density at radius 1 is 0.765 bits per heavy atom. The molecule has 3 heteroatoms. The maximum absolute atomic E-state index is 11.3. The van der Waals surface area contributed by atoms with E-state index in [1.54, 1.807) is 0 Å². The Labute approximate surface area is 117 Å². The van der Waals surface area contributed by atoms with Crippen molar-refractivity contribution in [2.24, 2.45) is 0 Å². The van der Waals surface area contributed by atoms with Gasteiger partial charge in [-0.05, 0) is 8.32 Å². The van der Waals surface area contributed by atoms with Crippen LogP contribution >= 0.6 is 0 Å². The Morgan fingerprint density at radius 2 is 1.12 bits per heavy atom. The molecule has 1 nitrogen and oxygen atoms in total. The predicted molar refractivity (Wildman–Crippen MR) is 82.4 cm³/mol. The second-order valence-electron chi connectivity index (χ2n) is 4.82. The second kappa shape index (κ2) is 14.8. The molecule has 0 saturated carbocycles. The smallest absolute Gasteiger partial charge is 0.0472 e. The van der Waals surface area contributed by atoms with E-state index in [4.69, 9.17) is 0 Å². The van der Waals surface area contributed by atoms with Crippen molar-refractivity contribution in [2.45, 2.75) is 89.0 Å². The van der Waals surface area contributed by atoms with E-state index in [2.05, 4.69) is 13.8 Å². The number of hydrogen-bond donors (Lipinski definition) is 0. The molecule has 0 aliphatic carbocycles. The quantitative estimate of drug-likeness (QED) is 0.448. The minimum Gasteiger partial charge on any atom is -0.858 e. The first-order valence-corrected chi connectivity index (χ1v) is 11.8. The van der Waals surface area contributed by atoms with Crippen LogP contribution in [-0.2, 0) is 0 Å². The summed E-state index contributed by atoms with van der Waals surface area (Å²) in [6.07, 6.45) is 5.72. The molecule has 0 aromatic heterocycles. The average Bonchev–Trinajstić information content (AvgIpc) is 2.38. The van der Waals surface area contributed by atoms with Crippen LogP contribution in [0.25, 0.3) is 0 Å². The van der Waals surface area contributed by atoms with Crippen molar-refractivity contribution in [3.63, 3.8) is 0 Å².